The SMILES string of the molecule is C=C1COC(/C=C/C(=O)OC)C1O. The number of hydrogen-bond donors (Lipinski definition) is 1. The summed E-state index contributed by atoms with van der Waals surface area (Å²) in [6.07, 6.45) is 1.49. The Labute approximate surface area is 76.5 Å². The lowest BCUT2D eigenvalue weighted by molar-refractivity contribution is -0.134. The van der Waals surface area contributed by atoms with E-state index in [0.29, 0.717) is 12.2 Å². The molecule has 0 bridgehead atoms. The van der Waals surface area contributed by atoms with Crippen LogP contribution in [0.5, 0.6) is 0 Å². The first-order chi connectivity index (χ1) is 6.15. The van der Waals surface area contributed by atoms with E-state index in [9.17, 15) is 9.90 Å². The minimum absolute atomic E-state index is 0.331. The molecule has 0 aromatic carbocycles. The molecule has 1 N–H and O–H groups in total. The predicted octanol–water partition coefficient (Wildman–Crippen LogP) is 0.0315. The predicted molar refractivity (Wildman–Crippen MR) is 46.0 cm³/mol. The van der Waals surface area contributed by atoms with Crippen LogP contribution in [0.2, 0.25) is 0 Å². The summed E-state index contributed by atoms with van der Waals surface area (Å²) in [5.41, 5.74) is 0.625. The van der Waals surface area contributed by atoms with Gasteiger partial charge in [-0.05, 0) is 11.6 Å². The Morgan fingerprint density at radius 3 is 3.00 bits per heavy atom. The number of aliphatic hydroxyl groups excluding tert-OH is 1. The maximum Gasteiger partial charge on any atom is 0.330 e. The molecule has 0 amide bonds. The third-order valence-corrected chi connectivity index (χ3v) is 1.81. The van der Waals surface area contributed by atoms with Crippen LogP contribution in [0.15, 0.2) is 24.3 Å². The molecule has 1 rings (SSSR count). The molecule has 1 aliphatic rings. The van der Waals surface area contributed by atoms with E-state index in [4.69, 9.17) is 4.74 Å². The Morgan fingerprint density at radius 1 is 1.85 bits per heavy atom. The third kappa shape index (κ3) is 2.40. The van der Waals surface area contributed by atoms with Crippen molar-refractivity contribution in [3.8, 4) is 0 Å². The normalized spacial score (nSPS) is 28.3. The van der Waals surface area contributed by atoms with Gasteiger partial charge in [0.1, 0.15) is 12.2 Å². The van der Waals surface area contributed by atoms with E-state index in [-0.39, 0.29) is 0 Å². The minimum atomic E-state index is -0.721. The number of ether oxygens (including phenoxy) is 2. The fraction of sp³-hybridized carbons (Fsp3) is 0.444. The van der Waals surface area contributed by atoms with Gasteiger partial charge in [0.2, 0.25) is 0 Å². The van der Waals surface area contributed by atoms with Crippen molar-refractivity contribution < 1.29 is 19.4 Å². The average molecular weight is 184 g/mol. The maximum absolute atomic E-state index is 10.7. The highest BCUT2D eigenvalue weighted by Gasteiger charge is 2.27. The van der Waals surface area contributed by atoms with Crippen molar-refractivity contribution in [2.45, 2.75) is 12.2 Å². The number of aliphatic hydroxyl groups is 1. The minimum Gasteiger partial charge on any atom is -0.466 e. The molecular weight excluding hydrogens is 172 g/mol. The van der Waals surface area contributed by atoms with E-state index >= 15 is 0 Å². The first kappa shape index (κ1) is 9.95. The highest BCUT2D eigenvalue weighted by molar-refractivity contribution is 5.81. The lowest BCUT2D eigenvalue weighted by Crippen LogP contribution is -2.19. The molecule has 4 nitrogen and oxygen atoms in total. The van der Waals surface area contributed by atoms with Crippen molar-refractivity contribution in [3.05, 3.63) is 24.3 Å². The molecular formula is C9H12O4. The molecule has 1 fully saturated rings. The first-order valence-electron chi connectivity index (χ1n) is 3.88. The highest BCUT2D eigenvalue weighted by atomic mass is 16.5. The molecule has 0 spiro atoms. The van der Waals surface area contributed by atoms with Crippen molar-refractivity contribution in [2.75, 3.05) is 13.7 Å². The van der Waals surface area contributed by atoms with Gasteiger partial charge < -0.3 is 14.6 Å². The van der Waals surface area contributed by atoms with Crippen molar-refractivity contribution in [1.82, 2.24) is 0 Å². The summed E-state index contributed by atoms with van der Waals surface area (Å²) in [7, 11) is 1.29. The Balaban J connectivity index is 2.50. The fourth-order valence-electron chi connectivity index (χ4n) is 1.01. The average Bonchev–Trinajstić information content (AvgIpc) is 2.44. The number of carbonyl (C=O) groups excluding carboxylic acids is 1. The molecule has 2 unspecified atom stereocenters. The smallest absolute Gasteiger partial charge is 0.330 e. The molecule has 1 saturated heterocycles. The van der Waals surface area contributed by atoms with Crippen LogP contribution in [-0.2, 0) is 14.3 Å². The zero-order chi connectivity index (χ0) is 9.84. The van der Waals surface area contributed by atoms with Crippen molar-refractivity contribution in [2.24, 2.45) is 0 Å². The summed E-state index contributed by atoms with van der Waals surface area (Å²) < 4.78 is 9.51. The van der Waals surface area contributed by atoms with Gasteiger partial charge in [-0.3, -0.25) is 0 Å². The highest BCUT2D eigenvalue weighted by Crippen LogP contribution is 2.18. The summed E-state index contributed by atoms with van der Waals surface area (Å²) in [4.78, 5) is 10.7. The molecule has 1 heterocycles. The van der Waals surface area contributed by atoms with Crippen LogP contribution in [0.1, 0.15) is 0 Å². The van der Waals surface area contributed by atoms with E-state index in [1.807, 2.05) is 0 Å². The van der Waals surface area contributed by atoms with Crippen molar-refractivity contribution in [3.63, 3.8) is 0 Å². The van der Waals surface area contributed by atoms with Crippen LogP contribution in [0.4, 0.5) is 0 Å². The first-order valence-corrected chi connectivity index (χ1v) is 3.88. The van der Waals surface area contributed by atoms with Gasteiger partial charge in [-0.1, -0.05) is 6.58 Å². The zero-order valence-corrected chi connectivity index (χ0v) is 7.40. The number of carbonyl (C=O) groups is 1. The summed E-state index contributed by atoms with van der Waals surface area (Å²) in [6, 6.07) is 0. The van der Waals surface area contributed by atoms with E-state index in [1.165, 1.54) is 19.3 Å². The molecule has 13 heavy (non-hydrogen) atoms. The monoisotopic (exact) mass is 184 g/mol. The third-order valence-electron chi connectivity index (χ3n) is 1.81. The second-order valence-electron chi connectivity index (χ2n) is 2.76. The van der Waals surface area contributed by atoms with E-state index < -0.39 is 18.2 Å². The van der Waals surface area contributed by atoms with E-state index in [2.05, 4.69) is 11.3 Å². The van der Waals surface area contributed by atoms with E-state index in [0.717, 1.165) is 0 Å². The number of rotatable bonds is 2. The van der Waals surface area contributed by atoms with Crippen LogP contribution in [-0.4, -0.2) is 37.0 Å². The van der Waals surface area contributed by atoms with Crippen LogP contribution in [0.3, 0.4) is 0 Å². The van der Waals surface area contributed by atoms with Crippen LogP contribution < -0.4 is 0 Å². The topological polar surface area (TPSA) is 55.8 Å². The van der Waals surface area contributed by atoms with Gasteiger partial charge >= 0.3 is 5.97 Å². The fourth-order valence-corrected chi connectivity index (χ4v) is 1.01. The Morgan fingerprint density at radius 2 is 2.54 bits per heavy atom. The Kier molecular flexibility index (Phi) is 3.22. The number of hydrogen-bond acceptors (Lipinski definition) is 4. The van der Waals surface area contributed by atoms with Gasteiger partial charge in [0.15, 0.2) is 0 Å². The number of esters is 1. The van der Waals surface area contributed by atoms with Gasteiger partial charge in [-0.2, -0.15) is 0 Å². The largest absolute Gasteiger partial charge is 0.466 e. The summed E-state index contributed by atoms with van der Waals surface area (Å²) in [6.45, 7) is 3.94. The second-order valence-corrected chi connectivity index (χ2v) is 2.76. The Hall–Kier alpha value is -1.13. The summed E-state index contributed by atoms with van der Waals surface area (Å²) in [5, 5.41) is 9.42. The molecule has 1 aliphatic heterocycles. The lowest BCUT2D eigenvalue weighted by Gasteiger charge is -2.07. The molecule has 0 aromatic rings. The molecule has 2 atom stereocenters. The van der Waals surface area contributed by atoms with Crippen LogP contribution in [0.25, 0.3) is 0 Å². The molecule has 72 valence electrons. The Bertz CT molecular complexity index is 244. The molecule has 0 aliphatic carbocycles. The second kappa shape index (κ2) is 4.20. The van der Waals surface area contributed by atoms with Gasteiger partial charge in [-0.25, -0.2) is 4.79 Å². The van der Waals surface area contributed by atoms with Gasteiger partial charge in [0.25, 0.3) is 0 Å². The van der Waals surface area contributed by atoms with Gasteiger partial charge in [0, 0.05) is 6.08 Å². The molecule has 0 aromatic heterocycles. The van der Waals surface area contributed by atoms with Gasteiger partial charge in [0.05, 0.1) is 13.7 Å². The molecule has 0 radical (unpaired) electrons. The van der Waals surface area contributed by atoms with Crippen molar-refractivity contribution >= 4 is 5.97 Å². The standard InChI is InChI=1S/C9H12O4/c1-6-5-13-7(9(6)11)3-4-8(10)12-2/h3-4,7,9,11H,1,5H2,2H3/b4-3+. The van der Waals surface area contributed by atoms with E-state index in [1.54, 1.807) is 0 Å². The molecule has 4 heteroatoms. The summed E-state index contributed by atoms with van der Waals surface area (Å²) in [5.74, 6) is -0.465. The van der Waals surface area contributed by atoms with Crippen LogP contribution in [0, 0.1) is 0 Å². The number of methoxy groups -OCH3 is 1. The van der Waals surface area contributed by atoms with Gasteiger partial charge in [-0.15, -0.1) is 0 Å². The quantitative estimate of drug-likeness (QED) is 0.374. The maximum atomic E-state index is 10.7. The summed E-state index contributed by atoms with van der Waals surface area (Å²) >= 11 is 0. The zero-order valence-electron chi connectivity index (χ0n) is 7.40. The van der Waals surface area contributed by atoms with Crippen molar-refractivity contribution in [1.29, 1.82) is 0 Å². The molecule has 0 saturated carbocycles. The van der Waals surface area contributed by atoms with Crippen LogP contribution >= 0.6 is 0 Å². The lowest BCUT2D eigenvalue weighted by atomic mass is 10.1.